The van der Waals surface area contributed by atoms with E-state index in [9.17, 15) is 19.5 Å². The summed E-state index contributed by atoms with van der Waals surface area (Å²) < 4.78 is 5.49. The molecule has 1 saturated heterocycles. The topological polar surface area (TPSA) is 95.9 Å². The van der Waals surface area contributed by atoms with Crippen LogP contribution in [0.4, 0.5) is 4.79 Å². The van der Waals surface area contributed by atoms with E-state index in [4.69, 9.17) is 4.74 Å². The molecular weight excluding hydrogens is 432 g/mol. The fourth-order valence-corrected chi connectivity index (χ4v) is 5.24. The van der Waals surface area contributed by atoms with Crippen molar-refractivity contribution in [3.05, 3.63) is 71.8 Å². The number of likely N-dealkylation sites (tertiary alicyclic amines) is 1. The van der Waals surface area contributed by atoms with Crippen molar-refractivity contribution in [2.45, 2.75) is 44.1 Å². The molecule has 2 aromatic rings. The minimum Gasteiger partial charge on any atom is -0.479 e. The third-order valence-corrected chi connectivity index (χ3v) is 6.78. The van der Waals surface area contributed by atoms with Crippen molar-refractivity contribution in [1.82, 2.24) is 10.2 Å². The maximum absolute atomic E-state index is 12.7. The number of carbonyl (C=O) groups is 3. The van der Waals surface area contributed by atoms with Gasteiger partial charge >= 0.3 is 12.1 Å². The molecule has 4 rings (SSSR count). The molecule has 0 aromatic heterocycles. The Kier molecular flexibility index (Phi) is 7.01. The number of benzene rings is 2. The maximum Gasteiger partial charge on any atom is 0.407 e. The van der Waals surface area contributed by atoms with Crippen LogP contribution in [0.5, 0.6) is 0 Å². The Bertz CT molecular complexity index is 1070. The van der Waals surface area contributed by atoms with E-state index in [2.05, 4.69) is 29.6 Å². The van der Waals surface area contributed by atoms with E-state index >= 15 is 0 Å². The highest BCUT2D eigenvalue weighted by molar-refractivity contribution is 5.93. The number of fused-ring (bicyclic) bond motifs is 3. The fourth-order valence-electron chi connectivity index (χ4n) is 5.24. The summed E-state index contributed by atoms with van der Waals surface area (Å²) in [6, 6.07) is 16.3. The lowest BCUT2D eigenvalue weighted by molar-refractivity contribution is -0.155. The molecule has 0 spiro atoms. The maximum atomic E-state index is 12.7. The molecule has 1 aliphatic heterocycles. The van der Waals surface area contributed by atoms with Crippen LogP contribution in [-0.2, 0) is 14.3 Å². The van der Waals surface area contributed by atoms with Crippen LogP contribution in [0.3, 0.4) is 0 Å². The molecule has 7 nitrogen and oxygen atoms in total. The molecule has 1 unspecified atom stereocenters. The summed E-state index contributed by atoms with van der Waals surface area (Å²) in [4.78, 5) is 38.3. The van der Waals surface area contributed by atoms with Crippen LogP contribution in [0.25, 0.3) is 11.1 Å². The van der Waals surface area contributed by atoms with Gasteiger partial charge < -0.3 is 20.1 Å². The van der Waals surface area contributed by atoms with Crippen LogP contribution >= 0.6 is 0 Å². The molecular formula is C27H30N2O5. The van der Waals surface area contributed by atoms with Crippen molar-refractivity contribution in [3.63, 3.8) is 0 Å². The summed E-state index contributed by atoms with van der Waals surface area (Å²) in [6.45, 7) is 2.67. The van der Waals surface area contributed by atoms with Crippen molar-refractivity contribution in [2.75, 3.05) is 19.7 Å². The Balaban J connectivity index is 1.30. The Morgan fingerprint density at radius 2 is 1.76 bits per heavy atom. The van der Waals surface area contributed by atoms with Gasteiger partial charge in [0.15, 0.2) is 0 Å². The fraction of sp³-hybridized carbons (Fsp3) is 0.370. The van der Waals surface area contributed by atoms with Crippen LogP contribution in [0.1, 0.15) is 49.7 Å². The molecule has 7 heteroatoms. The largest absolute Gasteiger partial charge is 0.479 e. The van der Waals surface area contributed by atoms with Crippen molar-refractivity contribution in [3.8, 4) is 11.1 Å². The van der Waals surface area contributed by atoms with Crippen molar-refractivity contribution >= 4 is 18.0 Å². The molecule has 1 aliphatic carbocycles. The first kappa shape index (κ1) is 23.5. The molecule has 2 N–H and O–H groups in total. The number of nitrogens with one attached hydrogen (secondary N) is 1. The molecule has 0 bridgehead atoms. The number of alkyl carbamates (subject to hydrolysis) is 1. The summed E-state index contributed by atoms with van der Waals surface area (Å²) in [5, 5.41) is 12.4. The SMILES string of the molecule is CCCC1(C(=O)O)CCCN1C(=O)/C=C/CNC(=O)OCC1c2ccccc2-c2ccccc21. The lowest BCUT2D eigenvalue weighted by Crippen LogP contribution is -2.52. The summed E-state index contributed by atoms with van der Waals surface area (Å²) in [5.74, 6) is -1.32. The Hall–Kier alpha value is -3.61. The number of carboxylic acids is 1. The first-order valence-electron chi connectivity index (χ1n) is 11.8. The van der Waals surface area contributed by atoms with Crippen molar-refractivity contribution in [1.29, 1.82) is 0 Å². The Labute approximate surface area is 199 Å². The van der Waals surface area contributed by atoms with Crippen LogP contribution in [-0.4, -0.2) is 53.2 Å². The number of amides is 2. The van der Waals surface area contributed by atoms with E-state index in [1.807, 2.05) is 31.2 Å². The molecule has 178 valence electrons. The molecule has 2 aliphatic rings. The van der Waals surface area contributed by atoms with Crippen LogP contribution in [0.2, 0.25) is 0 Å². The van der Waals surface area contributed by atoms with Gasteiger partial charge in [-0.15, -0.1) is 0 Å². The van der Waals surface area contributed by atoms with Gasteiger partial charge in [-0.25, -0.2) is 9.59 Å². The van der Waals surface area contributed by atoms with Gasteiger partial charge in [-0.05, 0) is 41.5 Å². The number of hydrogen-bond donors (Lipinski definition) is 2. The number of nitrogens with zero attached hydrogens (tertiary/aromatic N) is 1. The zero-order valence-corrected chi connectivity index (χ0v) is 19.3. The highest BCUT2D eigenvalue weighted by atomic mass is 16.5. The smallest absolute Gasteiger partial charge is 0.407 e. The van der Waals surface area contributed by atoms with E-state index in [-0.39, 0.29) is 25.0 Å². The number of rotatable bonds is 8. The predicted octanol–water partition coefficient (Wildman–Crippen LogP) is 4.33. The Morgan fingerprint density at radius 3 is 2.38 bits per heavy atom. The van der Waals surface area contributed by atoms with E-state index in [1.54, 1.807) is 0 Å². The van der Waals surface area contributed by atoms with Gasteiger partial charge in [-0.3, -0.25) is 4.79 Å². The third kappa shape index (κ3) is 4.42. The third-order valence-electron chi connectivity index (χ3n) is 6.78. The van der Waals surface area contributed by atoms with Gasteiger partial charge in [0, 0.05) is 25.1 Å². The molecule has 1 atom stereocenters. The highest BCUT2D eigenvalue weighted by Crippen LogP contribution is 2.44. The summed E-state index contributed by atoms with van der Waals surface area (Å²) in [6.07, 6.45) is 4.55. The van der Waals surface area contributed by atoms with Crippen molar-refractivity contribution < 1.29 is 24.2 Å². The average Bonchev–Trinajstić information content (AvgIpc) is 3.41. The van der Waals surface area contributed by atoms with E-state index < -0.39 is 17.6 Å². The standard InChI is InChI=1S/C27H30N2O5/c1-2-14-27(25(31)32)15-8-17-29(27)24(30)13-7-16-28-26(33)34-18-23-21-11-5-3-9-19(21)20-10-4-6-12-22(20)23/h3-7,9-13,23H,2,8,14-18H2,1H3,(H,28,33)(H,31,32)/b13-7+. The second-order valence-electron chi connectivity index (χ2n) is 8.79. The normalized spacial score (nSPS) is 19.1. The lowest BCUT2D eigenvalue weighted by atomic mass is 9.90. The van der Waals surface area contributed by atoms with Crippen LogP contribution < -0.4 is 5.32 Å². The van der Waals surface area contributed by atoms with Crippen LogP contribution in [0.15, 0.2) is 60.7 Å². The monoisotopic (exact) mass is 462 g/mol. The molecule has 0 radical (unpaired) electrons. The minimum atomic E-state index is -1.13. The minimum absolute atomic E-state index is 0.0202. The molecule has 2 amide bonds. The number of aliphatic carboxylic acids is 1. The lowest BCUT2D eigenvalue weighted by Gasteiger charge is -2.34. The number of ether oxygens (including phenoxy) is 1. The van der Waals surface area contributed by atoms with Gasteiger partial charge in [0.05, 0.1) is 0 Å². The summed E-state index contributed by atoms with van der Waals surface area (Å²) in [5.41, 5.74) is 3.48. The number of carboxylic acid groups (broad SMARTS) is 1. The van der Waals surface area contributed by atoms with E-state index in [0.717, 1.165) is 22.3 Å². The first-order chi connectivity index (χ1) is 16.5. The summed E-state index contributed by atoms with van der Waals surface area (Å²) in [7, 11) is 0. The van der Waals surface area contributed by atoms with Gasteiger partial charge in [0.2, 0.25) is 5.91 Å². The van der Waals surface area contributed by atoms with E-state index in [1.165, 1.54) is 17.1 Å². The quantitative estimate of drug-likeness (QED) is 0.570. The number of hydrogen-bond acceptors (Lipinski definition) is 4. The molecule has 2 aromatic carbocycles. The molecule has 34 heavy (non-hydrogen) atoms. The molecule has 1 heterocycles. The second-order valence-corrected chi connectivity index (χ2v) is 8.79. The predicted molar refractivity (Wildman–Crippen MR) is 128 cm³/mol. The highest BCUT2D eigenvalue weighted by Gasteiger charge is 2.48. The Morgan fingerprint density at radius 1 is 1.12 bits per heavy atom. The van der Waals surface area contributed by atoms with Gasteiger partial charge in [0.1, 0.15) is 12.1 Å². The van der Waals surface area contributed by atoms with Crippen LogP contribution in [0, 0.1) is 0 Å². The summed E-state index contributed by atoms with van der Waals surface area (Å²) >= 11 is 0. The first-order valence-corrected chi connectivity index (χ1v) is 11.8. The second kappa shape index (κ2) is 10.1. The zero-order valence-electron chi connectivity index (χ0n) is 19.3. The van der Waals surface area contributed by atoms with E-state index in [0.29, 0.717) is 32.2 Å². The number of carbonyl (C=O) groups excluding carboxylic acids is 2. The molecule has 0 saturated carbocycles. The average molecular weight is 463 g/mol. The van der Waals surface area contributed by atoms with Crippen molar-refractivity contribution in [2.24, 2.45) is 0 Å². The molecule has 1 fully saturated rings. The van der Waals surface area contributed by atoms with Gasteiger partial charge in [0.25, 0.3) is 0 Å². The zero-order chi connectivity index (χ0) is 24.1. The van der Waals surface area contributed by atoms with Gasteiger partial charge in [-0.2, -0.15) is 0 Å². The van der Waals surface area contributed by atoms with Gasteiger partial charge in [-0.1, -0.05) is 68.0 Å².